The number of aryl methyl sites for hydroxylation is 1. The van der Waals surface area contributed by atoms with Crippen molar-refractivity contribution in [1.29, 1.82) is 5.26 Å². The number of anilines is 1. The summed E-state index contributed by atoms with van der Waals surface area (Å²) in [6.45, 7) is 3.20. The van der Waals surface area contributed by atoms with E-state index in [1.807, 2.05) is 37.3 Å². The van der Waals surface area contributed by atoms with E-state index in [1.165, 1.54) is 12.1 Å². The molecular weight excluding hydrogens is 306 g/mol. The number of aromatic nitrogens is 2. The maximum Gasteiger partial charge on any atom is 0.270 e. The van der Waals surface area contributed by atoms with Gasteiger partial charge in [-0.15, -0.1) is 0 Å². The summed E-state index contributed by atoms with van der Waals surface area (Å²) in [4.78, 5) is 14.8. The van der Waals surface area contributed by atoms with E-state index in [0.29, 0.717) is 18.8 Å². The van der Waals surface area contributed by atoms with Crippen LogP contribution in [-0.2, 0) is 6.54 Å². The van der Waals surface area contributed by atoms with Gasteiger partial charge in [-0.2, -0.15) is 5.26 Å². The second-order valence-electron chi connectivity index (χ2n) is 5.32. The molecule has 1 N–H and O–H groups in total. The molecule has 0 aliphatic rings. The van der Waals surface area contributed by atoms with E-state index in [4.69, 9.17) is 5.26 Å². The fourth-order valence-electron chi connectivity index (χ4n) is 2.67. The molecule has 3 rings (SSSR count). The topological polar surface area (TPSA) is 96.8 Å². The first-order chi connectivity index (χ1) is 11.6. The third kappa shape index (κ3) is 2.90. The number of nitro groups is 1. The van der Waals surface area contributed by atoms with Gasteiger partial charge < -0.3 is 9.88 Å². The van der Waals surface area contributed by atoms with Crippen LogP contribution in [0.1, 0.15) is 11.4 Å². The number of nitrogens with zero attached hydrogens (tertiary/aromatic N) is 4. The van der Waals surface area contributed by atoms with E-state index < -0.39 is 4.92 Å². The molecule has 0 amide bonds. The van der Waals surface area contributed by atoms with Crippen LogP contribution >= 0.6 is 0 Å². The average Bonchev–Trinajstić information content (AvgIpc) is 2.90. The summed E-state index contributed by atoms with van der Waals surface area (Å²) in [7, 11) is 0. The summed E-state index contributed by atoms with van der Waals surface area (Å²) in [6, 6.07) is 14.1. The maximum atomic E-state index is 10.8. The Hall–Kier alpha value is -3.40. The van der Waals surface area contributed by atoms with Crippen molar-refractivity contribution in [3.63, 3.8) is 0 Å². The molecule has 0 aliphatic heterocycles. The molecule has 0 unspecified atom stereocenters. The summed E-state index contributed by atoms with van der Waals surface area (Å²) in [6.07, 6.45) is 0. The summed E-state index contributed by atoms with van der Waals surface area (Å²) >= 11 is 0. The monoisotopic (exact) mass is 321 g/mol. The average molecular weight is 321 g/mol. The van der Waals surface area contributed by atoms with Crippen LogP contribution in [0.2, 0.25) is 0 Å². The summed E-state index contributed by atoms with van der Waals surface area (Å²) in [5, 5.41) is 23.1. The number of nitrogens with one attached hydrogen (secondary N) is 1. The Balaban J connectivity index is 1.76. The van der Waals surface area contributed by atoms with Crippen LogP contribution in [0.4, 0.5) is 11.4 Å². The largest absolute Gasteiger partial charge is 0.382 e. The molecule has 3 aromatic rings. The van der Waals surface area contributed by atoms with Crippen LogP contribution in [0.15, 0.2) is 42.5 Å². The standard InChI is InChI=1S/C17H15N5O2/c1-12-20-16-4-2-3-5-17(16)21(12)9-8-19-15-7-6-14(22(23)24)10-13(15)11-18/h2-7,10,19H,8-9H2,1H3. The molecule has 0 aliphatic carbocycles. The quantitative estimate of drug-likeness (QED) is 0.575. The molecule has 0 saturated carbocycles. The Morgan fingerprint density at radius 3 is 2.88 bits per heavy atom. The minimum Gasteiger partial charge on any atom is -0.382 e. The molecule has 0 radical (unpaired) electrons. The molecule has 0 spiro atoms. The van der Waals surface area contributed by atoms with Crippen LogP contribution < -0.4 is 5.32 Å². The Morgan fingerprint density at radius 1 is 1.33 bits per heavy atom. The molecular formula is C17H15N5O2. The smallest absolute Gasteiger partial charge is 0.270 e. The lowest BCUT2D eigenvalue weighted by molar-refractivity contribution is -0.384. The van der Waals surface area contributed by atoms with Crippen LogP contribution in [0.25, 0.3) is 11.0 Å². The Morgan fingerprint density at radius 2 is 2.12 bits per heavy atom. The fraction of sp³-hybridized carbons (Fsp3) is 0.176. The van der Waals surface area contributed by atoms with E-state index >= 15 is 0 Å². The lowest BCUT2D eigenvalue weighted by Crippen LogP contribution is -2.12. The SMILES string of the molecule is Cc1nc2ccccc2n1CCNc1ccc([N+](=O)[O-])cc1C#N. The number of nitro benzene ring substituents is 1. The highest BCUT2D eigenvalue weighted by molar-refractivity contribution is 5.75. The van der Waals surface area contributed by atoms with Gasteiger partial charge in [0.05, 0.1) is 27.2 Å². The molecule has 7 nitrogen and oxygen atoms in total. The zero-order valence-electron chi connectivity index (χ0n) is 13.1. The number of para-hydroxylation sites is 2. The Labute approximate surface area is 138 Å². The third-order valence-corrected chi connectivity index (χ3v) is 3.83. The highest BCUT2D eigenvalue weighted by Gasteiger charge is 2.11. The second kappa shape index (κ2) is 6.38. The van der Waals surface area contributed by atoms with Crippen molar-refractivity contribution < 1.29 is 4.92 Å². The second-order valence-corrected chi connectivity index (χ2v) is 5.32. The minimum atomic E-state index is -0.508. The molecule has 2 aromatic carbocycles. The zero-order valence-corrected chi connectivity index (χ0v) is 13.1. The van der Waals surface area contributed by atoms with Crippen molar-refractivity contribution in [2.45, 2.75) is 13.5 Å². The number of hydrogen-bond donors (Lipinski definition) is 1. The molecule has 0 saturated heterocycles. The number of benzene rings is 2. The van der Waals surface area contributed by atoms with E-state index in [0.717, 1.165) is 16.9 Å². The molecule has 0 bridgehead atoms. The molecule has 24 heavy (non-hydrogen) atoms. The van der Waals surface area contributed by atoms with Gasteiger partial charge in [-0.05, 0) is 25.1 Å². The number of nitriles is 1. The predicted molar refractivity (Wildman–Crippen MR) is 90.8 cm³/mol. The van der Waals surface area contributed by atoms with Gasteiger partial charge in [-0.1, -0.05) is 12.1 Å². The first-order valence-electron chi connectivity index (χ1n) is 7.44. The van der Waals surface area contributed by atoms with Crippen LogP contribution in [0, 0.1) is 28.4 Å². The molecule has 1 heterocycles. The lowest BCUT2D eigenvalue weighted by atomic mass is 10.1. The highest BCUT2D eigenvalue weighted by Crippen LogP contribution is 2.21. The van der Waals surface area contributed by atoms with Crippen molar-refractivity contribution in [3.8, 4) is 6.07 Å². The fourth-order valence-corrected chi connectivity index (χ4v) is 2.67. The predicted octanol–water partition coefficient (Wildman–Crippen LogP) is 3.24. The van der Waals surface area contributed by atoms with Gasteiger partial charge in [0, 0.05) is 25.2 Å². The maximum absolute atomic E-state index is 10.8. The molecule has 0 fully saturated rings. The van der Waals surface area contributed by atoms with Gasteiger partial charge in [0.2, 0.25) is 0 Å². The van der Waals surface area contributed by atoms with Gasteiger partial charge in [-0.25, -0.2) is 4.98 Å². The lowest BCUT2D eigenvalue weighted by Gasteiger charge is -2.10. The summed E-state index contributed by atoms with van der Waals surface area (Å²) in [5.41, 5.74) is 2.76. The van der Waals surface area contributed by atoms with Gasteiger partial charge in [0.15, 0.2) is 0 Å². The van der Waals surface area contributed by atoms with Crippen LogP contribution in [-0.4, -0.2) is 21.0 Å². The number of non-ortho nitro benzene ring substituents is 1. The molecule has 1 aromatic heterocycles. The van der Waals surface area contributed by atoms with Crippen LogP contribution in [0.5, 0.6) is 0 Å². The van der Waals surface area contributed by atoms with E-state index in [9.17, 15) is 10.1 Å². The Kier molecular flexibility index (Phi) is 4.12. The number of imidazole rings is 1. The molecule has 120 valence electrons. The number of hydrogen-bond acceptors (Lipinski definition) is 5. The summed E-state index contributed by atoms with van der Waals surface area (Å²) < 4.78 is 2.10. The summed E-state index contributed by atoms with van der Waals surface area (Å²) in [5.74, 6) is 0.919. The van der Waals surface area contributed by atoms with Gasteiger partial charge in [0.25, 0.3) is 5.69 Å². The van der Waals surface area contributed by atoms with Crippen molar-refractivity contribution in [2.75, 3.05) is 11.9 Å². The van der Waals surface area contributed by atoms with E-state index in [2.05, 4.69) is 14.9 Å². The first kappa shape index (κ1) is 15.5. The zero-order chi connectivity index (χ0) is 17.1. The molecule has 0 atom stereocenters. The number of fused-ring (bicyclic) bond motifs is 1. The van der Waals surface area contributed by atoms with Gasteiger partial charge in [0.1, 0.15) is 11.9 Å². The van der Waals surface area contributed by atoms with Gasteiger partial charge in [-0.3, -0.25) is 10.1 Å². The van der Waals surface area contributed by atoms with Crippen molar-refractivity contribution in [3.05, 3.63) is 64.0 Å². The number of rotatable bonds is 5. The normalized spacial score (nSPS) is 10.5. The van der Waals surface area contributed by atoms with Crippen LogP contribution in [0.3, 0.4) is 0 Å². The molecule has 7 heteroatoms. The third-order valence-electron chi connectivity index (χ3n) is 3.83. The van der Waals surface area contributed by atoms with E-state index in [-0.39, 0.29) is 11.3 Å². The van der Waals surface area contributed by atoms with Crippen molar-refractivity contribution in [1.82, 2.24) is 9.55 Å². The van der Waals surface area contributed by atoms with Gasteiger partial charge >= 0.3 is 0 Å². The van der Waals surface area contributed by atoms with E-state index in [1.54, 1.807) is 6.07 Å². The van der Waals surface area contributed by atoms with Crippen molar-refractivity contribution >= 4 is 22.4 Å². The first-order valence-corrected chi connectivity index (χ1v) is 7.44. The Bertz CT molecular complexity index is 955. The minimum absolute atomic E-state index is 0.0893. The van der Waals surface area contributed by atoms with Crippen molar-refractivity contribution in [2.24, 2.45) is 0 Å². The highest BCUT2D eigenvalue weighted by atomic mass is 16.6.